The van der Waals surface area contributed by atoms with Crippen LogP contribution in [0, 0.1) is 5.92 Å². The molecular weight excluding hydrogens is 276 g/mol. The summed E-state index contributed by atoms with van der Waals surface area (Å²) in [5.41, 5.74) is 2.74. The molecule has 1 N–H and O–H groups in total. The Balaban J connectivity index is 2.07. The van der Waals surface area contributed by atoms with Gasteiger partial charge < -0.3 is 10.2 Å². The lowest BCUT2D eigenvalue weighted by molar-refractivity contribution is 0.372. The number of halogens is 1. The minimum atomic E-state index is 0.854. The molecule has 94 valence electrons. The van der Waals surface area contributed by atoms with Gasteiger partial charge in [0, 0.05) is 18.6 Å². The Morgan fingerprint density at radius 2 is 2.00 bits per heavy atom. The predicted octanol–water partition coefficient (Wildman–Crippen LogP) is 3.06. The molecule has 1 fully saturated rings. The lowest BCUT2D eigenvalue weighted by atomic mass is 9.91. The zero-order valence-corrected chi connectivity index (χ0v) is 12.3. The molecule has 0 unspecified atom stereocenters. The maximum Gasteiger partial charge on any atom is 0.0508 e. The summed E-state index contributed by atoms with van der Waals surface area (Å²) in [6.07, 6.45) is 3.84. The maximum absolute atomic E-state index is 3.60. The van der Waals surface area contributed by atoms with Crippen molar-refractivity contribution >= 4 is 21.6 Å². The lowest BCUT2D eigenvalue weighted by Gasteiger charge is -2.23. The molecule has 3 heteroatoms. The zero-order chi connectivity index (χ0) is 12.3. The fourth-order valence-corrected chi connectivity index (χ4v) is 3.05. The highest BCUT2D eigenvalue weighted by Gasteiger charge is 2.14. The van der Waals surface area contributed by atoms with Crippen molar-refractivity contribution in [2.45, 2.75) is 19.3 Å². The van der Waals surface area contributed by atoms with Crippen molar-refractivity contribution in [3.8, 4) is 0 Å². The third-order valence-electron chi connectivity index (χ3n) is 3.48. The van der Waals surface area contributed by atoms with Gasteiger partial charge in [0.2, 0.25) is 0 Å². The number of nitrogens with one attached hydrogen (secondary N) is 1. The molecule has 0 aliphatic carbocycles. The first-order chi connectivity index (χ1) is 8.16. The number of hydrogen-bond donors (Lipinski definition) is 1. The van der Waals surface area contributed by atoms with Crippen molar-refractivity contribution in [3.05, 3.63) is 28.2 Å². The van der Waals surface area contributed by atoms with Gasteiger partial charge in [-0.15, -0.1) is 0 Å². The number of anilines is 1. The van der Waals surface area contributed by atoms with E-state index in [1.54, 1.807) is 0 Å². The molecule has 0 saturated carbocycles. The topological polar surface area (TPSA) is 15.3 Å². The van der Waals surface area contributed by atoms with Gasteiger partial charge in [-0.1, -0.05) is 6.07 Å². The van der Waals surface area contributed by atoms with Crippen molar-refractivity contribution in [1.29, 1.82) is 0 Å². The van der Waals surface area contributed by atoms with E-state index in [4.69, 9.17) is 0 Å². The van der Waals surface area contributed by atoms with Gasteiger partial charge >= 0.3 is 0 Å². The minimum Gasteiger partial charge on any atom is -0.377 e. The standard InChI is InChI=1S/C14H21BrN2/c1-17(2)14-10-12(3-4-13(14)15)9-11-5-7-16-8-6-11/h3-4,10-11,16H,5-9H2,1-2H3. The Bertz CT molecular complexity index is 370. The Labute approximate surface area is 113 Å². The number of hydrogen-bond acceptors (Lipinski definition) is 2. The fraction of sp³-hybridized carbons (Fsp3) is 0.571. The molecule has 1 aromatic carbocycles. The molecule has 17 heavy (non-hydrogen) atoms. The highest BCUT2D eigenvalue weighted by atomic mass is 79.9. The van der Waals surface area contributed by atoms with E-state index in [-0.39, 0.29) is 0 Å². The molecule has 2 rings (SSSR count). The summed E-state index contributed by atoms with van der Waals surface area (Å²) in [5, 5.41) is 3.42. The molecule has 0 aromatic heterocycles. The normalized spacial score (nSPS) is 17.1. The van der Waals surface area contributed by atoms with Gasteiger partial charge in [0.15, 0.2) is 0 Å². The second kappa shape index (κ2) is 5.87. The van der Waals surface area contributed by atoms with E-state index in [1.165, 1.54) is 48.1 Å². The Morgan fingerprint density at radius 1 is 1.29 bits per heavy atom. The molecule has 1 aromatic rings. The maximum atomic E-state index is 3.60. The summed E-state index contributed by atoms with van der Waals surface area (Å²) in [6.45, 7) is 2.36. The van der Waals surface area contributed by atoms with Crippen LogP contribution < -0.4 is 10.2 Å². The Kier molecular flexibility index (Phi) is 4.46. The minimum absolute atomic E-state index is 0.854. The number of rotatable bonds is 3. The fourth-order valence-electron chi connectivity index (χ4n) is 2.45. The highest BCUT2D eigenvalue weighted by Crippen LogP contribution is 2.28. The predicted molar refractivity (Wildman–Crippen MR) is 77.8 cm³/mol. The van der Waals surface area contributed by atoms with E-state index >= 15 is 0 Å². The number of piperidine rings is 1. The molecular formula is C14H21BrN2. The summed E-state index contributed by atoms with van der Waals surface area (Å²) in [7, 11) is 4.18. The number of nitrogens with zero attached hydrogens (tertiary/aromatic N) is 1. The van der Waals surface area contributed by atoms with Gasteiger partial charge in [-0.05, 0) is 71.9 Å². The van der Waals surface area contributed by atoms with Crippen LogP contribution in [-0.2, 0) is 6.42 Å². The van der Waals surface area contributed by atoms with Gasteiger partial charge in [0.05, 0.1) is 5.69 Å². The molecule has 2 nitrogen and oxygen atoms in total. The lowest BCUT2D eigenvalue weighted by Crippen LogP contribution is -2.28. The molecule has 1 saturated heterocycles. The smallest absolute Gasteiger partial charge is 0.0508 e. The van der Waals surface area contributed by atoms with E-state index in [0.29, 0.717) is 0 Å². The van der Waals surface area contributed by atoms with Crippen LogP contribution >= 0.6 is 15.9 Å². The van der Waals surface area contributed by atoms with Crippen LogP contribution in [0.3, 0.4) is 0 Å². The van der Waals surface area contributed by atoms with Crippen LogP contribution in [0.4, 0.5) is 5.69 Å². The van der Waals surface area contributed by atoms with Gasteiger partial charge in [0.25, 0.3) is 0 Å². The van der Waals surface area contributed by atoms with Crippen LogP contribution in [0.2, 0.25) is 0 Å². The SMILES string of the molecule is CN(C)c1cc(CC2CCNCC2)ccc1Br. The van der Waals surface area contributed by atoms with Gasteiger partial charge in [-0.3, -0.25) is 0 Å². The van der Waals surface area contributed by atoms with Crippen LogP contribution in [0.25, 0.3) is 0 Å². The molecule has 0 atom stereocenters. The molecule has 0 radical (unpaired) electrons. The quantitative estimate of drug-likeness (QED) is 0.922. The van der Waals surface area contributed by atoms with Gasteiger partial charge in [0.1, 0.15) is 0 Å². The number of benzene rings is 1. The molecule has 0 amide bonds. The van der Waals surface area contributed by atoms with E-state index in [9.17, 15) is 0 Å². The van der Waals surface area contributed by atoms with Gasteiger partial charge in [-0.25, -0.2) is 0 Å². The Hall–Kier alpha value is -0.540. The van der Waals surface area contributed by atoms with E-state index in [0.717, 1.165) is 5.92 Å². The van der Waals surface area contributed by atoms with Crippen molar-refractivity contribution in [2.24, 2.45) is 5.92 Å². The molecule has 1 aliphatic rings. The van der Waals surface area contributed by atoms with E-state index in [1.807, 2.05) is 0 Å². The second-order valence-electron chi connectivity index (χ2n) is 5.08. The zero-order valence-electron chi connectivity index (χ0n) is 10.7. The first-order valence-corrected chi connectivity index (χ1v) is 7.12. The first kappa shape index (κ1) is 12.9. The average Bonchev–Trinajstić information content (AvgIpc) is 2.32. The summed E-state index contributed by atoms with van der Waals surface area (Å²) in [4.78, 5) is 2.16. The summed E-state index contributed by atoms with van der Waals surface area (Å²) < 4.78 is 1.18. The summed E-state index contributed by atoms with van der Waals surface area (Å²) >= 11 is 3.60. The third-order valence-corrected chi connectivity index (χ3v) is 4.15. The second-order valence-corrected chi connectivity index (χ2v) is 5.93. The van der Waals surface area contributed by atoms with E-state index in [2.05, 4.69) is 58.4 Å². The Morgan fingerprint density at radius 3 is 2.65 bits per heavy atom. The summed E-state index contributed by atoms with van der Waals surface area (Å²) in [6, 6.07) is 6.73. The first-order valence-electron chi connectivity index (χ1n) is 6.33. The van der Waals surface area contributed by atoms with Gasteiger partial charge in [-0.2, -0.15) is 0 Å². The molecule has 0 spiro atoms. The monoisotopic (exact) mass is 296 g/mol. The van der Waals surface area contributed by atoms with Crippen molar-refractivity contribution < 1.29 is 0 Å². The van der Waals surface area contributed by atoms with Crippen LogP contribution in [0.15, 0.2) is 22.7 Å². The molecule has 1 aliphatic heterocycles. The van der Waals surface area contributed by atoms with Crippen LogP contribution in [-0.4, -0.2) is 27.2 Å². The third kappa shape index (κ3) is 3.46. The van der Waals surface area contributed by atoms with Crippen LogP contribution in [0.1, 0.15) is 18.4 Å². The van der Waals surface area contributed by atoms with Crippen LogP contribution in [0.5, 0.6) is 0 Å². The van der Waals surface area contributed by atoms with Crippen molar-refractivity contribution in [3.63, 3.8) is 0 Å². The van der Waals surface area contributed by atoms with Crippen molar-refractivity contribution in [1.82, 2.24) is 5.32 Å². The molecule has 1 heterocycles. The highest BCUT2D eigenvalue weighted by molar-refractivity contribution is 9.10. The summed E-state index contributed by atoms with van der Waals surface area (Å²) in [5.74, 6) is 0.854. The largest absolute Gasteiger partial charge is 0.377 e. The molecule has 0 bridgehead atoms. The van der Waals surface area contributed by atoms with Crippen molar-refractivity contribution in [2.75, 3.05) is 32.1 Å². The average molecular weight is 297 g/mol. The van der Waals surface area contributed by atoms with E-state index < -0.39 is 0 Å².